The number of thiophene rings is 1. The van der Waals surface area contributed by atoms with E-state index >= 15 is 0 Å². The first kappa shape index (κ1) is 26.4. The molecule has 4 rings (SSSR count). The number of aryl methyl sites for hydroxylation is 1. The lowest BCUT2D eigenvalue weighted by molar-refractivity contribution is -0.118. The van der Waals surface area contributed by atoms with Crippen LogP contribution in [0.3, 0.4) is 0 Å². The van der Waals surface area contributed by atoms with Gasteiger partial charge in [-0.3, -0.25) is 9.78 Å². The average molecular weight is 518 g/mol. The number of rotatable bonds is 11. The summed E-state index contributed by atoms with van der Waals surface area (Å²) in [7, 11) is 0. The van der Waals surface area contributed by atoms with E-state index in [1.165, 1.54) is 0 Å². The summed E-state index contributed by atoms with van der Waals surface area (Å²) in [6, 6.07) is 13.8. The number of Topliss-reactive ketones (excluding diaryl/α,β-unsaturated/α-hetero) is 1. The number of aromatic nitrogens is 1. The van der Waals surface area contributed by atoms with Crippen molar-refractivity contribution >= 4 is 23.2 Å². The smallest absolute Gasteiger partial charge is 0.407 e. The van der Waals surface area contributed by atoms with Crippen LogP contribution in [0.1, 0.15) is 51.8 Å². The molecule has 0 radical (unpaired) electrons. The third-order valence-corrected chi connectivity index (χ3v) is 7.75. The highest BCUT2D eigenvalue weighted by Gasteiger charge is 2.27. The first-order valence-electron chi connectivity index (χ1n) is 12.6. The van der Waals surface area contributed by atoms with Crippen LogP contribution in [0.15, 0.2) is 48.8 Å². The van der Waals surface area contributed by atoms with E-state index in [4.69, 9.17) is 9.47 Å². The van der Waals surface area contributed by atoms with Crippen molar-refractivity contribution in [1.82, 2.24) is 10.3 Å². The minimum atomic E-state index is -0.441. The van der Waals surface area contributed by atoms with E-state index in [9.17, 15) is 14.9 Å². The van der Waals surface area contributed by atoms with Gasteiger partial charge in [0.1, 0.15) is 17.6 Å². The molecule has 0 spiro atoms. The van der Waals surface area contributed by atoms with Crippen LogP contribution in [0.4, 0.5) is 4.79 Å². The number of nitrogens with one attached hydrogen (secondary N) is 1. The number of hydrogen-bond acceptors (Lipinski definition) is 7. The van der Waals surface area contributed by atoms with Crippen LogP contribution in [0.2, 0.25) is 0 Å². The van der Waals surface area contributed by atoms with Gasteiger partial charge in [-0.1, -0.05) is 18.2 Å². The van der Waals surface area contributed by atoms with Gasteiger partial charge in [0.25, 0.3) is 0 Å². The monoisotopic (exact) mass is 517 g/mol. The summed E-state index contributed by atoms with van der Waals surface area (Å²) in [5.74, 6) is 1.14. The van der Waals surface area contributed by atoms with Crippen molar-refractivity contribution in [2.75, 3.05) is 13.2 Å². The third kappa shape index (κ3) is 7.17. The van der Waals surface area contributed by atoms with E-state index in [-0.39, 0.29) is 18.1 Å². The first-order valence-corrected chi connectivity index (χ1v) is 13.4. The molecule has 1 unspecified atom stereocenters. The maximum absolute atomic E-state index is 12.8. The van der Waals surface area contributed by atoms with Crippen molar-refractivity contribution in [3.8, 4) is 11.8 Å². The fraction of sp³-hybridized carbons (Fsp3) is 0.379. The number of carbonyl (C=O) groups is 2. The molecule has 1 aliphatic carbocycles. The predicted octanol–water partition coefficient (Wildman–Crippen LogP) is 5.19. The molecule has 2 heterocycles. The van der Waals surface area contributed by atoms with Gasteiger partial charge < -0.3 is 14.8 Å². The van der Waals surface area contributed by atoms with Gasteiger partial charge in [0.15, 0.2) is 0 Å². The van der Waals surface area contributed by atoms with Crippen LogP contribution >= 0.6 is 11.3 Å². The van der Waals surface area contributed by atoms with E-state index < -0.39 is 6.09 Å². The number of ether oxygens (including phenoxy) is 2. The van der Waals surface area contributed by atoms with Crippen molar-refractivity contribution < 1.29 is 19.1 Å². The molecule has 37 heavy (non-hydrogen) atoms. The zero-order valence-corrected chi connectivity index (χ0v) is 21.8. The van der Waals surface area contributed by atoms with Crippen LogP contribution in [0.25, 0.3) is 0 Å². The lowest BCUT2D eigenvalue weighted by Gasteiger charge is -2.22. The molecule has 1 atom stereocenters. The summed E-state index contributed by atoms with van der Waals surface area (Å²) >= 11 is 1.56. The maximum Gasteiger partial charge on any atom is 0.407 e. The van der Waals surface area contributed by atoms with Crippen LogP contribution < -0.4 is 10.1 Å². The quantitative estimate of drug-likeness (QED) is 0.376. The normalized spacial score (nSPS) is 14.3. The second-order valence-corrected chi connectivity index (χ2v) is 10.3. The molecule has 2 aromatic heterocycles. The third-order valence-electron chi connectivity index (χ3n) is 6.49. The second kappa shape index (κ2) is 13.0. The molecule has 8 heteroatoms. The predicted molar refractivity (Wildman–Crippen MR) is 142 cm³/mol. The first-order chi connectivity index (χ1) is 18.1. The Morgan fingerprint density at radius 3 is 2.81 bits per heavy atom. The van der Waals surface area contributed by atoms with Gasteiger partial charge >= 0.3 is 6.09 Å². The van der Waals surface area contributed by atoms with Crippen molar-refractivity contribution in [3.05, 3.63) is 80.8 Å². The maximum atomic E-state index is 12.8. The minimum Gasteiger partial charge on any atom is -0.494 e. The number of fused-ring (bicyclic) bond motifs is 1. The van der Waals surface area contributed by atoms with Crippen molar-refractivity contribution in [2.45, 2.75) is 52.0 Å². The summed E-state index contributed by atoms with van der Waals surface area (Å²) in [4.78, 5) is 30.9. The molecule has 192 valence electrons. The van der Waals surface area contributed by atoms with E-state index in [2.05, 4.69) is 16.4 Å². The van der Waals surface area contributed by atoms with E-state index in [1.807, 2.05) is 43.3 Å². The largest absolute Gasteiger partial charge is 0.494 e. The Morgan fingerprint density at radius 1 is 1.22 bits per heavy atom. The van der Waals surface area contributed by atoms with Crippen LogP contribution in [0.5, 0.6) is 5.75 Å². The Balaban J connectivity index is 1.29. The number of amides is 1. The molecule has 0 bridgehead atoms. The number of hydrogen-bond donors (Lipinski definition) is 1. The molecule has 0 aliphatic heterocycles. The minimum absolute atomic E-state index is 0.118. The number of pyridine rings is 1. The highest BCUT2D eigenvalue weighted by Crippen LogP contribution is 2.37. The molecule has 3 aromatic rings. The highest BCUT2D eigenvalue weighted by molar-refractivity contribution is 7.12. The van der Waals surface area contributed by atoms with Gasteiger partial charge in [-0.05, 0) is 73.4 Å². The van der Waals surface area contributed by atoms with Gasteiger partial charge in [0, 0.05) is 41.5 Å². The van der Waals surface area contributed by atoms with Gasteiger partial charge in [0.2, 0.25) is 0 Å². The standard InChI is InChI=1S/C29H31N3O4S/c1-2-35-26-6-4-3-5-22(26)8-9-23(33)16-28-25(17-30)24-10-7-21(15-27(24)37-28)19-36-29(34)32-18-20-11-13-31-14-12-20/h3-6,11-14,21H,2,7-10,15-16,18-19H2,1H3,(H,32,34). The lowest BCUT2D eigenvalue weighted by Crippen LogP contribution is -2.27. The summed E-state index contributed by atoms with van der Waals surface area (Å²) < 4.78 is 11.1. The van der Waals surface area contributed by atoms with Crippen molar-refractivity contribution in [3.63, 3.8) is 0 Å². The number of carbonyl (C=O) groups excluding carboxylic acids is 2. The number of nitriles is 1. The van der Waals surface area contributed by atoms with E-state index in [0.29, 0.717) is 38.2 Å². The number of benzene rings is 1. The Kier molecular flexibility index (Phi) is 9.28. The Labute approximate surface area is 221 Å². The second-order valence-electron chi connectivity index (χ2n) is 9.09. The van der Waals surface area contributed by atoms with Gasteiger partial charge in [-0.2, -0.15) is 5.26 Å². The van der Waals surface area contributed by atoms with Crippen LogP contribution in [-0.2, 0) is 41.8 Å². The molecule has 1 N–H and O–H groups in total. The Bertz CT molecular complexity index is 1270. The molecular weight excluding hydrogens is 486 g/mol. The molecule has 1 aromatic carbocycles. The number of para-hydroxylation sites is 1. The highest BCUT2D eigenvalue weighted by atomic mass is 32.1. The molecular formula is C29H31N3O4S. The number of alkyl carbamates (subject to hydrolysis) is 1. The molecule has 1 aliphatic rings. The van der Waals surface area contributed by atoms with Crippen LogP contribution in [0, 0.1) is 17.2 Å². The van der Waals surface area contributed by atoms with Crippen molar-refractivity contribution in [2.24, 2.45) is 5.92 Å². The summed E-state index contributed by atoms with van der Waals surface area (Å²) in [5.41, 5.74) is 3.71. The molecule has 0 saturated heterocycles. The number of nitrogens with zero attached hydrogens (tertiary/aromatic N) is 2. The fourth-order valence-electron chi connectivity index (χ4n) is 4.58. The van der Waals surface area contributed by atoms with E-state index in [0.717, 1.165) is 51.5 Å². The molecule has 0 saturated carbocycles. The van der Waals surface area contributed by atoms with Crippen LogP contribution in [-0.4, -0.2) is 30.1 Å². The zero-order valence-electron chi connectivity index (χ0n) is 21.0. The van der Waals surface area contributed by atoms with Gasteiger partial charge in [0.05, 0.1) is 18.8 Å². The summed E-state index contributed by atoms with van der Waals surface area (Å²) in [6.45, 7) is 3.25. The Morgan fingerprint density at radius 2 is 2.03 bits per heavy atom. The molecule has 7 nitrogen and oxygen atoms in total. The average Bonchev–Trinajstić information content (AvgIpc) is 3.27. The summed E-state index contributed by atoms with van der Waals surface area (Å²) in [6.07, 6.45) is 6.58. The fourth-order valence-corrected chi connectivity index (χ4v) is 6.02. The van der Waals surface area contributed by atoms with Crippen molar-refractivity contribution in [1.29, 1.82) is 5.26 Å². The lowest BCUT2D eigenvalue weighted by atomic mass is 9.87. The molecule has 0 fully saturated rings. The summed E-state index contributed by atoms with van der Waals surface area (Å²) in [5, 5.41) is 12.6. The Hall–Kier alpha value is -3.70. The van der Waals surface area contributed by atoms with Gasteiger partial charge in [-0.25, -0.2) is 4.79 Å². The van der Waals surface area contributed by atoms with E-state index in [1.54, 1.807) is 23.7 Å². The van der Waals surface area contributed by atoms with Gasteiger partial charge in [-0.15, -0.1) is 11.3 Å². The molecule has 1 amide bonds. The topological polar surface area (TPSA) is 101 Å². The number of ketones is 1. The SMILES string of the molecule is CCOc1ccccc1CCC(=O)Cc1sc2c(c1C#N)CCC(COC(=O)NCc1ccncc1)C2. The zero-order chi connectivity index (χ0) is 26.0.